The van der Waals surface area contributed by atoms with E-state index < -0.39 is 0 Å². The van der Waals surface area contributed by atoms with Crippen LogP contribution in [0.3, 0.4) is 0 Å². The van der Waals surface area contributed by atoms with E-state index in [1.165, 1.54) is 5.56 Å². The molecular formula is C22H30N4O2. The molecule has 0 saturated carbocycles. The van der Waals surface area contributed by atoms with Crippen LogP contribution in [-0.4, -0.2) is 48.7 Å². The number of carbonyl (C=O) groups is 1. The molecule has 28 heavy (non-hydrogen) atoms. The Bertz CT molecular complexity index is 814. The van der Waals surface area contributed by atoms with Crippen molar-refractivity contribution in [2.24, 2.45) is 0 Å². The Hall–Kier alpha value is -2.76. The number of ether oxygens (including phenoxy) is 1. The number of aromatic nitrogens is 1. The molecule has 1 aromatic heterocycles. The smallest absolute Gasteiger partial charge is 0.322 e. The molecular weight excluding hydrogens is 352 g/mol. The number of carbonyl (C=O) groups excluding carboxylic acids is 1. The topological polar surface area (TPSA) is 57.7 Å². The van der Waals surface area contributed by atoms with Crippen molar-refractivity contribution in [1.29, 1.82) is 0 Å². The van der Waals surface area contributed by atoms with Crippen LogP contribution < -0.4 is 15.0 Å². The summed E-state index contributed by atoms with van der Waals surface area (Å²) in [6, 6.07) is 11.9. The van der Waals surface area contributed by atoms with Gasteiger partial charge in [-0.3, -0.25) is 0 Å². The number of hydrogen-bond donors (Lipinski definition) is 1. The van der Waals surface area contributed by atoms with E-state index in [1.807, 2.05) is 29.2 Å². The van der Waals surface area contributed by atoms with E-state index in [9.17, 15) is 4.79 Å². The van der Waals surface area contributed by atoms with Crippen LogP contribution in [0.4, 0.5) is 16.3 Å². The minimum Gasteiger partial charge on any atom is -0.493 e. The monoisotopic (exact) mass is 382 g/mol. The van der Waals surface area contributed by atoms with E-state index in [1.54, 1.807) is 13.3 Å². The molecule has 6 nitrogen and oxygen atoms in total. The second-order valence-electron chi connectivity index (χ2n) is 8.28. The molecule has 0 bridgehead atoms. The van der Waals surface area contributed by atoms with Gasteiger partial charge in [0, 0.05) is 37.6 Å². The molecule has 1 N–H and O–H groups in total. The van der Waals surface area contributed by atoms with Crippen LogP contribution in [0.5, 0.6) is 5.75 Å². The molecule has 0 aliphatic carbocycles. The highest BCUT2D eigenvalue weighted by molar-refractivity contribution is 5.89. The van der Waals surface area contributed by atoms with Gasteiger partial charge in [-0.15, -0.1) is 0 Å². The van der Waals surface area contributed by atoms with Crippen LogP contribution in [0.15, 0.2) is 42.6 Å². The summed E-state index contributed by atoms with van der Waals surface area (Å²) in [4.78, 5) is 21.3. The molecule has 6 heteroatoms. The van der Waals surface area contributed by atoms with Crippen molar-refractivity contribution in [2.75, 3.05) is 37.0 Å². The summed E-state index contributed by atoms with van der Waals surface area (Å²) in [6.07, 6.45) is 1.77. The van der Waals surface area contributed by atoms with Gasteiger partial charge in [0.1, 0.15) is 0 Å². The number of piperazine rings is 1. The van der Waals surface area contributed by atoms with Gasteiger partial charge in [0.2, 0.25) is 0 Å². The number of benzene rings is 1. The van der Waals surface area contributed by atoms with E-state index in [0.717, 1.165) is 17.3 Å². The summed E-state index contributed by atoms with van der Waals surface area (Å²) in [7, 11) is 1.65. The molecule has 1 aromatic carbocycles. The average Bonchev–Trinajstić information content (AvgIpc) is 2.67. The molecule has 0 spiro atoms. The van der Waals surface area contributed by atoms with Gasteiger partial charge in [-0.2, -0.15) is 0 Å². The first-order chi connectivity index (χ1) is 13.3. The van der Waals surface area contributed by atoms with Gasteiger partial charge in [-0.05, 0) is 42.2 Å². The van der Waals surface area contributed by atoms with Crippen LogP contribution in [-0.2, 0) is 5.41 Å². The third kappa shape index (κ3) is 4.38. The summed E-state index contributed by atoms with van der Waals surface area (Å²) in [6.45, 7) is 10.7. The lowest BCUT2D eigenvalue weighted by atomic mass is 9.87. The molecule has 1 fully saturated rings. The fourth-order valence-electron chi connectivity index (χ4n) is 3.48. The maximum Gasteiger partial charge on any atom is 0.322 e. The summed E-state index contributed by atoms with van der Waals surface area (Å²) in [5, 5.41) is 3.03. The highest BCUT2D eigenvalue weighted by Gasteiger charge is 2.29. The van der Waals surface area contributed by atoms with Crippen molar-refractivity contribution in [3.63, 3.8) is 0 Å². The Labute approximate surface area is 167 Å². The summed E-state index contributed by atoms with van der Waals surface area (Å²) < 4.78 is 5.42. The third-order valence-electron chi connectivity index (χ3n) is 5.16. The molecule has 1 aliphatic heterocycles. The lowest BCUT2D eigenvalue weighted by molar-refractivity contribution is 0.184. The minimum atomic E-state index is -0.0661. The number of hydrogen-bond acceptors (Lipinski definition) is 4. The van der Waals surface area contributed by atoms with Crippen LogP contribution in [0.2, 0.25) is 0 Å². The van der Waals surface area contributed by atoms with Crippen LogP contribution in [0.25, 0.3) is 0 Å². The van der Waals surface area contributed by atoms with Crippen LogP contribution in [0.1, 0.15) is 33.3 Å². The third-order valence-corrected chi connectivity index (χ3v) is 5.16. The lowest BCUT2D eigenvalue weighted by Crippen LogP contribution is -2.55. The second-order valence-corrected chi connectivity index (χ2v) is 8.28. The molecule has 1 unspecified atom stereocenters. The Balaban J connectivity index is 1.63. The Kier molecular flexibility index (Phi) is 5.77. The standard InChI is InChI=1S/C22H30N4O2/c1-16-15-25(20-19(28-5)7-6-12-23-20)13-14-26(16)21(27)24-18-10-8-17(9-11-18)22(2,3)4/h6-12,16H,13-15H2,1-5H3,(H,24,27). The first kappa shape index (κ1) is 20.0. The molecule has 1 atom stereocenters. The van der Waals surface area contributed by atoms with Gasteiger partial charge in [-0.1, -0.05) is 32.9 Å². The predicted octanol–water partition coefficient (Wildman–Crippen LogP) is 4.13. The van der Waals surface area contributed by atoms with Gasteiger partial charge < -0.3 is 19.9 Å². The molecule has 2 aromatic rings. The van der Waals surface area contributed by atoms with Crippen molar-refractivity contribution < 1.29 is 9.53 Å². The fourth-order valence-corrected chi connectivity index (χ4v) is 3.48. The highest BCUT2D eigenvalue weighted by atomic mass is 16.5. The van der Waals surface area contributed by atoms with Gasteiger partial charge >= 0.3 is 6.03 Å². The number of methoxy groups -OCH3 is 1. The number of amides is 2. The summed E-state index contributed by atoms with van der Waals surface area (Å²) in [5.74, 6) is 1.58. The van der Waals surface area contributed by atoms with E-state index >= 15 is 0 Å². The SMILES string of the molecule is COc1cccnc1N1CCN(C(=O)Nc2ccc(C(C)(C)C)cc2)C(C)C1. The lowest BCUT2D eigenvalue weighted by Gasteiger charge is -2.40. The van der Waals surface area contributed by atoms with Crippen molar-refractivity contribution in [3.8, 4) is 5.75 Å². The first-order valence-electron chi connectivity index (χ1n) is 9.71. The molecule has 3 rings (SSSR count). The van der Waals surface area contributed by atoms with E-state index in [-0.39, 0.29) is 17.5 Å². The van der Waals surface area contributed by atoms with Crippen molar-refractivity contribution >= 4 is 17.5 Å². The number of pyridine rings is 1. The van der Waals surface area contributed by atoms with Gasteiger partial charge in [0.05, 0.1) is 7.11 Å². The Morgan fingerprint density at radius 1 is 1.18 bits per heavy atom. The quantitative estimate of drug-likeness (QED) is 0.867. The number of nitrogens with one attached hydrogen (secondary N) is 1. The van der Waals surface area contributed by atoms with Crippen molar-refractivity contribution in [2.45, 2.75) is 39.2 Å². The Morgan fingerprint density at radius 2 is 1.89 bits per heavy atom. The zero-order chi connectivity index (χ0) is 20.3. The average molecular weight is 383 g/mol. The number of rotatable bonds is 3. The number of anilines is 2. The minimum absolute atomic E-state index is 0.0642. The molecule has 1 saturated heterocycles. The largest absolute Gasteiger partial charge is 0.493 e. The molecule has 2 heterocycles. The predicted molar refractivity (Wildman–Crippen MR) is 113 cm³/mol. The molecule has 1 aliphatic rings. The molecule has 0 radical (unpaired) electrons. The second kappa shape index (κ2) is 8.09. The highest BCUT2D eigenvalue weighted by Crippen LogP contribution is 2.27. The molecule has 150 valence electrons. The zero-order valence-corrected chi connectivity index (χ0v) is 17.4. The number of nitrogens with zero attached hydrogens (tertiary/aromatic N) is 3. The van der Waals surface area contributed by atoms with E-state index in [0.29, 0.717) is 19.6 Å². The molecule has 2 amide bonds. The van der Waals surface area contributed by atoms with E-state index in [2.05, 4.69) is 55.0 Å². The fraction of sp³-hybridized carbons (Fsp3) is 0.455. The van der Waals surface area contributed by atoms with Crippen LogP contribution >= 0.6 is 0 Å². The first-order valence-corrected chi connectivity index (χ1v) is 9.71. The van der Waals surface area contributed by atoms with Gasteiger partial charge in [-0.25, -0.2) is 9.78 Å². The van der Waals surface area contributed by atoms with Gasteiger partial charge in [0.15, 0.2) is 11.6 Å². The number of urea groups is 1. The van der Waals surface area contributed by atoms with Crippen LogP contribution in [0, 0.1) is 0 Å². The maximum atomic E-state index is 12.8. The van der Waals surface area contributed by atoms with E-state index in [4.69, 9.17) is 4.74 Å². The summed E-state index contributed by atoms with van der Waals surface area (Å²) in [5.41, 5.74) is 2.16. The van der Waals surface area contributed by atoms with Crippen molar-refractivity contribution in [1.82, 2.24) is 9.88 Å². The van der Waals surface area contributed by atoms with Crippen molar-refractivity contribution in [3.05, 3.63) is 48.2 Å². The zero-order valence-electron chi connectivity index (χ0n) is 17.4. The normalized spacial score (nSPS) is 17.4. The summed E-state index contributed by atoms with van der Waals surface area (Å²) >= 11 is 0. The maximum absolute atomic E-state index is 12.8. The van der Waals surface area contributed by atoms with Gasteiger partial charge in [0.25, 0.3) is 0 Å². The Morgan fingerprint density at radius 3 is 2.50 bits per heavy atom.